The highest BCUT2D eigenvalue weighted by atomic mass is 35.5. The van der Waals surface area contributed by atoms with Crippen molar-refractivity contribution in [3.8, 4) is 5.75 Å². The lowest BCUT2D eigenvalue weighted by atomic mass is 9.96. The van der Waals surface area contributed by atoms with Crippen LogP contribution in [0.1, 0.15) is 18.4 Å². The molecule has 1 amide bonds. The van der Waals surface area contributed by atoms with E-state index in [-0.39, 0.29) is 29.9 Å². The molecular formula is C15H20ClFN2O3. The predicted octanol–water partition coefficient (Wildman–Crippen LogP) is 1.48. The van der Waals surface area contributed by atoms with Gasteiger partial charge in [-0.2, -0.15) is 0 Å². The van der Waals surface area contributed by atoms with Crippen LogP contribution in [-0.4, -0.2) is 36.8 Å². The molecule has 0 bridgehead atoms. The first-order valence-corrected chi connectivity index (χ1v) is 7.28. The van der Waals surface area contributed by atoms with E-state index in [4.69, 9.17) is 4.74 Å². The van der Waals surface area contributed by atoms with E-state index in [1.807, 2.05) is 0 Å². The number of amides is 1. The zero-order valence-corrected chi connectivity index (χ0v) is 12.9. The van der Waals surface area contributed by atoms with E-state index < -0.39 is 11.9 Å². The number of rotatable bonds is 3. The van der Waals surface area contributed by atoms with Crippen LogP contribution in [-0.2, 0) is 11.2 Å². The minimum atomic E-state index is -0.438. The van der Waals surface area contributed by atoms with Gasteiger partial charge in [-0.25, -0.2) is 4.39 Å². The first kappa shape index (κ1) is 17.0. The Balaban J connectivity index is 0.00000176. The first-order valence-electron chi connectivity index (χ1n) is 7.28. The number of nitrogens with one attached hydrogen (secondary N) is 2. The average molecular weight is 331 g/mol. The van der Waals surface area contributed by atoms with Crippen molar-refractivity contribution in [2.45, 2.75) is 25.4 Å². The summed E-state index contributed by atoms with van der Waals surface area (Å²) in [5.41, 5.74) is 0.938. The molecule has 2 aliphatic heterocycles. The van der Waals surface area contributed by atoms with Crippen molar-refractivity contribution in [2.24, 2.45) is 5.92 Å². The quantitative estimate of drug-likeness (QED) is 0.785. The number of anilines is 1. The van der Waals surface area contributed by atoms with Crippen LogP contribution in [0.2, 0.25) is 0 Å². The summed E-state index contributed by atoms with van der Waals surface area (Å²) < 4.78 is 19.6. The van der Waals surface area contributed by atoms with Gasteiger partial charge in [-0.15, -0.1) is 12.4 Å². The summed E-state index contributed by atoms with van der Waals surface area (Å²) >= 11 is 0. The van der Waals surface area contributed by atoms with Crippen LogP contribution in [0.25, 0.3) is 0 Å². The molecule has 0 aliphatic carbocycles. The maximum absolute atomic E-state index is 13.8. The monoisotopic (exact) mass is 330 g/mol. The molecule has 1 saturated heterocycles. The van der Waals surface area contributed by atoms with E-state index in [2.05, 4.69) is 10.6 Å². The number of carbonyl (C=O) groups is 1. The molecule has 2 aliphatic rings. The Morgan fingerprint density at radius 1 is 1.36 bits per heavy atom. The number of benzene rings is 1. The van der Waals surface area contributed by atoms with Gasteiger partial charge in [0.05, 0.1) is 18.4 Å². The van der Waals surface area contributed by atoms with Crippen molar-refractivity contribution in [1.29, 1.82) is 0 Å². The normalized spacial score (nSPS) is 24.0. The topological polar surface area (TPSA) is 70.6 Å². The number of ether oxygens (including phenoxy) is 1. The van der Waals surface area contributed by atoms with Crippen LogP contribution in [0.3, 0.4) is 0 Å². The zero-order chi connectivity index (χ0) is 14.8. The molecule has 2 atom stereocenters. The lowest BCUT2D eigenvalue weighted by Crippen LogP contribution is -2.42. The Bertz CT molecular complexity index is 556. The number of piperidine rings is 1. The molecule has 1 fully saturated rings. The Morgan fingerprint density at radius 2 is 2.18 bits per heavy atom. The third-order valence-corrected chi connectivity index (χ3v) is 4.13. The third-order valence-electron chi connectivity index (χ3n) is 4.13. The van der Waals surface area contributed by atoms with Gasteiger partial charge < -0.3 is 20.5 Å². The van der Waals surface area contributed by atoms with Crippen LogP contribution in [0, 0.1) is 11.7 Å². The number of β-amino-alcohol motifs (C(OH)–C–C–N with tert-alkyl or cyclic N) is 1. The summed E-state index contributed by atoms with van der Waals surface area (Å²) in [4.78, 5) is 11.4. The molecule has 22 heavy (non-hydrogen) atoms. The fourth-order valence-corrected chi connectivity index (χ4v) is 2.85. The van der Waals surface area contributed by atoms with Crippen molar-refractivity contribution >= 4 is 24.0 Å². The SMILES string of the molecule is Cl.O=C1CCc2c(OC[C@@H]3CCNC[C@H]3O)ccc(F)c2N1. The smallest absolute Gasteiger partial charge is 0.224 e. The number of carbonyl (C=O) groups excluding carboxylic acids is 1. The molecule has 0 spiro atoms. The molecule has 0 radical (unpaired) electrons. The number of hydrogen-bond donors (Lipinski definition) is 3. The number of fused-ring (bicyclic) bond motifs is 1. The number of aliphatic hydroxyl groups is 1. The van der Waals surface area contributed by atoms with Gasteiger partial charge in [-0.1, -0.05) is 0 Å². The van der Waals surface area contributed by atoms with Crippen LogP contribution in [0.4, 0.5) is 10.1 Å². The second-order valence-corrected chi connectivity index (χ2v) is 5.58. The highest BCUT2D eigenvalue weighted by molar-refractivity contribution is 5.94. The maximum Gasteiger partial charge on any atom is 0.224 e. The molecule has 1 aromatic carbocycles. The molecule has 3 rings (SSSR count). The number of halogens is 2. The number of aliphatic hydroxyl groups excluding tert-OH is 1. The minimum Gasteiger partial charge on any atom is -0.493 e. The molecule has 122 valence electrons. The predicted molar refractivity (Wildman–Crippen MR) is 83.1 cm³/mol. The third kappa shape index (κ3) is 3.51. The summed E-state index contributed by atoms with van der Waals surface area (Å²) in [5, 5.41) is 15.6. The summed E-state index contributed by atoms with van der Waals surface area (Å²) in [6.45, 7) is 1.84. The molecule has 0 aromatic heterocycles. The largest absolute Gasteiger partial charge is 0.493 e. The van der Waals surface area contributed by atoms with Gasteiger partial charge in [-0.05, 0) is 31.5 Å². The summed E-state index contributed by atoms with van der Waals surface area (Å²) in [6.07, 6.45) is 1.24. The molecule has 0 saturated carbocycles. The maximum atomic E-state index is 13.8. The van der Waals surface area contributed by atoms with E-state index >= 15 is 0 Å². The second-order valence-electron chi connectivity index (χ2n) is 5.58. The average Bonchev–Trinajstić information content (AvgIpc) is 2.48. The number of hydrogen-bond acceptors (Lipinski definition) is 4. The van der Waals surface area contributed by atoms with Gasteiger partial charge in [0.25, 0.3) is 0 Å². The fourth-order valence-electron chi connectivity index (χ4n) is 2.85. The Labute approximate surface area is 134 Å². The standard InChI is InChI=1S/C15H19FN2O3.ClH/c16-11-2-3-13(10-1-4-14(20)18-15(10)11)21-8-9-5-6-17-7-12(9)19;/h2-3,9,12,17,19H,1,4-8H2,(H,18,20);1H/t9-,12+;/m0./s1. The highest BCUT2D eigenvalue weighted by Gasteiger charge is 2.26. The van der Waals surface area contributed by atoms with Crippen LogP contribution in [0.5, 0.6) is 5.75 Å². The van der Waals surface area contributed by atoms with Crippen LogP contribution < -0.4 is 15.4 Å². The Morgan fingerprint density at radius 3 is 2.95 bits per heavy atom. The van der Waals surface area contributed by atoms with E-state index in [9.17, 15) is 14.3 Å². The Hall–Kier alpha value is -1.37. The van der Waals surface area contributed by atoms with E-state index in [0.717, 1.165) is 13.0 Å². The summed E-state index contributed by atoms with van der Waals surface area (Å²) in [5.74, 6) is 0.0573. The minimum absolute atomic E-state index is 0. The molecule has 7 heteroatoms. The van der Waals surface area contributed by atoms with Crippen LogP contribution in [0.15, 0.2) is 12.1 Å². The molecule has 1 aromatic rings. The van der Waals surface area contributed by atoms with Crippen molar-refractivity contribution in [2.75, 3.05) is 25.0 Å². The van der Waals surface area contributed by atoms with Gasteiger partial charge in [0.15, 0.2) is 0 Å². The van der Waals surface area contributed by atoms with Gasteiger partial charge in [0.1, 0.15) is 11.6 Å². The molecule has 5 nitrogen and oxygen atoms in total. The van der Waals surface area contributed by atoms with E-state index in [1.54, 1.807) is 6.07 Å². The lowest BCUT2D eigenvalue weighted by Gasteiger charge is -2.29. The van der Waals surface area contributed by atoms with Crippen molar-refractivity contribution in [1.82, 2.24) is 5.32 Å². The summed E-state index contributed by atoms with van der Waals surface area (Å²) in [6, 6.07) is 2.90. The van der Waals surface area contributed by atoms with Crippen LogP contribution >= 0.6 is 12.4 Å². The van der Waals surface area contributed by atoms with Gasteiger partial charge >= 0.3 is 0 Å². The van der Waals surface area contributed by atoms with E-state index in [1.165, 1.54) is 6.07 Å². The van der Waals surface area contributed by atoms with Crippen molar-refractivity contribution in [3.05, 3.63) is 23.5 Å². The molecule has 0 unspecified atom stereocenters. The van der Waals surface area contributed by atoms with Gasteiger partial charge in [0.2, 0.25) is 5.91 Å². The molecule has 2 heterocycles. The van der Waals surface area contributed by atoms with Crippen molar-refractivity contribution < 1.29 is 19.0 Å². The molecule has 3 N–H and O–H groups in total. The second kappa shape index (κ2) is 7.26. The lowest BCUT2D eigenvalue weighted by molar-refractivity contribution is -0.116. The zero-order valence-electron chi connectivity index (χ0n) is 12.1. The summed E-state index contributed by atoms with van der Waals surface area (Å²) in [7, 11) is 0. The molecular weight excluding hydrogens is 311 g/mol. The fraction of sp³-hybridized carbons (Fsp3) is 0.533. The highest BCUT2D eigenvalue weighted by Crippen LogP contribution is 2.34. The van der Waals surface area contributed by atoms with E-state index in [0.29, 0.717) is 37.3 Å². The van der Waals surface area contributed by atoms with Gasteiger partial charge in [0, 0.05) is 24.4 Å². The first-order chi connectivity index (χ1) is 10.1. The Kier molecular flexibility index (Phi) is 5.61. The van der Waals surface area contributed by atoms with Crippen molar-refractivity contribution in [3.63, 3.8) is 0 Å². The van der Waals surface area contributed by atoms with Gasteiger partial charge in [-0.3, -0.25) is 4.79 Å².